The number of nitro groups is 1. The smallest absolute Gasteiger partial charge is 0.338 e. The third-order valence-electron chi connectivity index (χ3n) is 2.80. The second-order valence-corrected chi connectivity index (χ2v) is 4.45. The number of carbonyl (C=O) groups is 1. The highest BCUT2D eigenvalue weighted by molar-refractivity contribution is 5.90. The lowest BCUT2D eigenvalue weighted by atomic mass is 10.2. The Morgan fingerprint density at radius 3 is 2.50 bits per heavy atom. The lowest BCUT2D eigenvalue weighted by molar-refractivity contribution is -0.711. The Morgan fingerprint density at radius 2 is 1.91 bits per heavy atom. The maximum atomic E-state index is 11.8. The van der Waals surface area contributed by atoms with Gasteiger partial charge < -0.3 is 4.74 Å². The molecule has 1 aromatic rings. The molecule has 0 atom stereocenters. The van der Waals surface area contributed by atoms with E-state index in [-0.39, 0.29) is 12.2 Å². The standard InChI is InChI=1S/C13H16N2O7/c1-2-3-4-5-8-21-13(16)10-6-7-11(14(17)18)12(9-10)22-15(19)20/h6-7,9H,2-5,8H2,1H3. The average molecular weight is 312 g/mol. The fraction of sp³-hybridized carbons (Fsp3) is 0.462. The summed E-state index contributed by atoms with van der Waals surface area (Å²) in [6.07, 6.45) is 3.73. The molecule has 0 aromatic heterocycles. The van der Waals surface area contributed by atoms with Crippen molar-refractivity contribution in [3.05, 3.63) is 44.0 Å². The molecular weight excluding hydrogens is 296 g/mol. The normalized spacial score (nSPS) is 10.0. The zero-order valence-corrected chi connectivity index (χ0v) is 12.0. The Balaban J connectivity index is 2.76. The second kappa shape index (κ2) is 8.55. The van der Waals surface area contributed by atoms with Gasteiger partial charge in [0, 0.05) is 6.07 Å². The SMILES string of the molecule is CCCCCCOC(=O)c1ccc([N+](=O)[O-])c(O[N+](=O)[O-])c1. The lowest BCUT2D eigenvalue weighted by Gasteiger charge is -2.06. The van der Waals surface area contributed by atoms with Crippen LogP contribution in [0, 0.1) is 20.2 Å². The first-order valence-corrected chi connectivity index (χ1v) is 6.73. The molecule has 22 heavy (non-hydrogen) atoms. The van der Waals surface area contributed by atoms with Gasteiger partial charge in [-0.1, -0.05) is 26.2 Å². The van der Waals surface area contributed by atoms with Crippen LogP contribution in [0.1, 0.15) is 43.0 Å². The van der Waals surface area contributed by atoms with Crippen LogP contribution < -0.4 is 4.84 Å². The predicted octanol–water partition coefficient (Wildman–Crippen LogP) is 2.90. The Labute approximate surface area is 126 Å². The summed E-state index contributed by atoms with van der Waals surface area (Å²) < 4.78 is 5.00. The van der Waals surface area contributed by atoms with E-state index in [4.69, 9.17) is 4.74 Å². The Hall–Kier alpha value is -2.71. The summed E-state index contributed by atoms with van der Waals surface area (Å²) in [7, 11) is 0. The van der Waals surface area contributed by atoms with E-state index in [0.717, 1.165) is 31.4 Å². The minimum absolute atomic E-state index is 0.0436. The number of nitrogens with zero attached hydrogens (tertiary/aromatic N) is 2. The minimum Gasteiger partial charge on any atom is -0.462 e. The molecule has 0 spiro atoms. The second-order valence-electron chi connectivity index (χ2n) is 4.45. The average Bonchev–Trinajstić information content (AvgIpc) is 2.45. The van der Waals surface area contributed by atoms with E-state index in [1.54, 1.807) is 0 Å². The summed E-state index contributed by atoms with van der Waals surface area (Å²) in [5.41, 5.74) is -0.644. The summed E-state index contributed by atoms with van der Waals surface area (Å²) in [4.78, 5) is 36.2. The summed E-state index contributed by atoms with van der Waals surface area (Å²) in [6.45, 7) is 2.28. The maximum absolute atomic E-state index is 11.8. The molecule has 9 heteroatoms. The van der Waals surface area contributed by atoms with Gasteiger partial charge in [-0.15, -0.1) is 10.1 Å². The van der Waals surface area contributed by atoms with Crippen LogP contribution in [-0.2, 0) is 4.74 Å². The van der Waals surface area contributed by atoms with Crippen LogP contribution in [0.5, 0.6) is 5.75 Å². The van der Waals surface area contributed by atoms with Crippen LogP contribution >= 0.6 is 0 Å². The van der Waals surface area contributed by atoms with E-state index in [1.165, 1.54) is 6.07 Å². The van der Waals surface area contributed by atoms with Gasteiger partial charge in [-0.2, -0.15) is 0 Å². The van der Waals surface area contributed by atoms with Crippen LogP contribution in [-0.4, -0.2) is 22.6 Å². The maximum Gasteiger partial charge on any atom is 0.338 e. The molecule has 0 saturated heterocycles. The van der Waals surface area contributed by atoms with Gasteiger partial charge in [0.25, 0.3) is 10.8 Å². The quantitative estimate of drug-likeness (QED) is 0.297. The van der Waals surface area contributed by atoms with Gasteiger partial charge in [0.2, 0.25) is 5.75 Å². The van der Waals surface area contributed by atoms with Gasteiger partial charge in [-0.3, -0.25) is 15.0 Å². The largest absolute Gasteiger partial charge is 0.462 e. The van der Waals surface area contributed by atoms with Crippen LogP contribution in [0.25, 0.3) is 0 Å². The molecule has 120 valence electrons. The van der Waals surface area contributed by atoms with Crippen molar-refractivity contribution in [3.63, 3.8) is 0 Å². The van der Waals surface area contributed by atoms with Gasteiger partial charge in [0.05, 0.1) is 17.1 Å². The van der Waals surface area contributed by atoms with Crippen molar-refractivity contribution < 1.29 is 24.4 Å². The number of esters is 1. The van der Waals surface area contributed by atoms with E-state index >= 15 is 0 Å². The number of nitro benzene ring substituents is 1. The molecule has 9 nitrogen and oxygen atoms in total. The zero-order valence-electron chi connectivity index (χ0n) is 12.0. The first kappa shape index (κ1) is 17.3. The van der Waals surface area contributed by atoms with Crippen LogP contribution in [0.2, 0.25) is 0 Å². The number of rotatable bonds is 9. The molecule has 1 aromatic carbocycles. The van der Waals surface area contributed by atoms with E-state index in [1.807, 2.05) is 0 Å². The minimum atomic E-state index is -1.18. The molecular formula is C13H16N2O7. The molecule has 0 saturated carbocycles. The number of hydrogen-bond acceptors (Lipinski definition) is 7. The highest BCUT2D eigenvalue weighted by Gasteiger charge is 2.20. The molecule has 0 aliphatic heterocycles. The lowest BCUT2D eigenvalue weighted by Crippen LogP contribution is -2.10. The first-order chi connectivity index (χ1) is 10.5. The van der Waals surface area contributed by atoms with Crippen molar-refractivity contribution in [1.29, 1.82) is 0 Å². The van der Waals surface area contributed by atoms with E-state index in [0.29, 0.717) is 6.42 Å². The molecule has 0 unspecified atom stereocenters. The number of unbranched alkanes of at least 4 members (excludes halogenated alkanes) is 3. The van der Waals surface area contributed by atoms with Gasteiger partial charge in [-0.05, 0) is 18.6 Å². The van der Waals surface area contributed by atoms with Gasteiger partial charge in [-0.25, -0.2) is 4.79 Å². The van der Waals surface area contributed by atoms with Crippen molar-refractivity contribution in [1.82, 2.24) is 0 Å². The molecule has 0 N–H and O–H groups in total. The monoisotopic (exact) mass is 312 g/mol. The van der Waals surface area contributed by atoms with Crippen molar-refractivity contribution in [2.75, 3.05) is 6.61 Å². The fourth-order valence-electron chi connectivity index (χ4n) is 1.72. The Bertz CT molecular complexity index is 559. The number of ether oxygens (including phenoxy) is 1. The molecule has 0 aliphatic carbocycles. The highest BCUT2D eigenvalue weighted by Crippen LogP contribution is 2.28. The van der Waals surface area contributed by atoms with Crippen LogP contribution in [0.3, 0.4) is 0 Å². The molecule has 0 fully saturated rings. The summed E-state index contributed by atoms with van der Waals surface area (Å²) >= 11 is 0. The van der Waals surface area contributed by atoms with Crippen molar-refractivity contribution in [2.45, 2.75) is 32.6 Å². The van der Waals surface area contributed by atoms with Crippen molar-refractivity contribution >= 4 is 11.7 Å². The highest BCUT2D eigenvalue weighted by atomic mass is 17.0. The van der Waals surface area contributed by atoms with Gasteiger partial charge >= 0.3 is 5.97 Å². The van der Waals surface area contributed by atoms with Crippen LogP contribution in [0.4, 0.5) is 5.69 Å². The van der Waals surface area contributed by atoms with Crippen LogP contribution in [0.15, 0.2) is 18.2 Å². The molecule has 0 radical (unpaired) electrons. The molecule has 0 bridgehead atoms. The van der Waals surface area contributed by atoms with E-state index < -0.39 is 27.4 Å². The fourth-order valence-corrected chi connectivity index (χ4v) is 1.72. The molecule has 1 rings (SSSR count). The zero-order chi connectivity index (χ0) is 16.5. The van der Waals surface area contributed by atoms with E-state index in [9.17, 15) is 25.0 Å². The van der Waals surface area contributed by atoms with E-state index in [2.05, 4.69) is 11.8 Å². The van der Waals surface area contributed by atoms with Crippen molar-refractivity contribution in [3.8, 4) is 5.75 Å². The Morgan fingerprint density at radius 1 is 1.18 bits per heavy atom. The number of carbonyl (C=O) groups excluding carboxylic acids is 1. The first-order valence-electron chi connectivity index (χ1n) is 6.73. The van der Waals surface area contributed by atoms with Gasteiger partial charge in [0.15, 0.2) is 0 Å². The summed E-state index contributed by atoms with van der Waals surface area (Å²) in [6, 6.07) is 3.06. The summed E-state index contributed by atoms with van der Waals surface area (Å²) in [5.74, 6) is -1.32. The third kappa shape index (κ3) is 5.35. The molecule has 0 heterocycles. The summed E-state index contributed by atoms with van der Waals surface area (Å²) in [5, 5.41) is 19.9. The van der Waals surface area contributed by atoms with Crippen molar-refractivity contribution in [2.24, 2.45) is 0 Å². The number of benzene rings is 1. The molecule has 0 amide bonds. The number of hydrogen-bond donors (Lipinski definition) is 0. The molecule has 0 aliphatic rings. The predicted molar refractivity (Wildman–Crippen MR) is 75.1 cm³/mol. The van der Waals surface area contributed by atoms with Gasteiger partial charge in [0.1, 0.15) is 0 Å². The third-order valence-corrected chi connectivity index (χ3v) is 2.80. The topological polar surface area (TPSA) is 122 Å². The Kier molecular flexibility index (Phi) is 6.74.